The van der Waals surface area contributed by atoms with Gasteiger partial charge >= 0.3 is 35.7 Å². The van der Waals surface area contributed by atoms with Crippen molar-refractivity contribution in [3.8, 4) is 0 Å². The molecule has 2 N–H and O–H groups in total. The summed E-state index contributed by atoms with van der Waals surface area (Å²) in [4.78, 5) is 17.5. The molecule has 0 aliphatic heterocycles. The van der Waals surface area contributed by atoms with Crippen LogP contribution < -0.4 is 34.7 Å². The van der Waals surface area contributed by atoms with Gasteiger partial charge in [0, 0.05) is 0 Å². The van der Waals surface area contributed by atoms with Crippen molar-refractivity contribution in [1.29, 1.82) is 0 Å². The normalized spacial score (nSPS) is 5.70. The van der Waals surface area contributed by atoms with E-state index in [-0.39, 0.29) is 29.6 Å². The van der Waals surface area contributed by atoms with E-state index in [1.807, 2.05) is 0 Å². The second-order valence-corrected chi connectivity index (χ2v) is 0.763. The molecule has 0 aromatic heterocycles. The molecule has 0 aliphatic rings. The molecular weight excluding hydrogens is 178 g/mol. The predicted octanol–water partition coefficient (Wildman–Crippen LogP) is -3.27. The first-order chi connectivity index (χ1) is 4.00. The molecule has 6 nitrogen and oxygen atoms in total. The van der Waals surface area contributed by atoms with E-state index in [9.17, 15) is 0 Å². The summed E-state index contributed by atoms with van der Waals surface area (Å²) in [5.41, 5.74) is 0. The Morgan fingerprint density at radius 2 is 1.50 bits per heavy atom. The number of halogens is 1. The van der Waals surface area contributed by atoms with Gasteiger partial charge in [-0.15, -0.1) is 0 Å². The van der Waals surface area contributed by atoms with Crippen molar-refractivity contribution in [3.05, 3.63) is 0 Å². The third-order valence-corrected chi connectivity index (χ3v) is 0.198. The Hall–Kier alpha value is -0.170. The minimum absolute atomic E-state index is 0. The Morgan fingerprint density at radius 1 is 1.40 bits per heavy atom. The van der Waals surface area contributed by atoms with Crippen molar-refractivity contribution in [1.82, 2.24) is 0 Å². The molecule has 0 saturated heterocycles. The predicted molar refractivity (Wildman–Crippen MR) is 23.0 cm³/mol. The third-order valence-electron chi connectivity index (χ3n) is 0.0660. The topological polar surface area (TPSA) is 107 Å². The van der Waals surface area contributed by atoms with E-state index in [1.165, 1.54) is 0 Å². The number of hydrogen-bond donors (Lipinski definition) is 2. The maximum Gasteiger partial charge on any atom is 1.00 e. The first kappa shape index (κ1) is 16.4. The Kier molecular flexibility index (Phi) is 19.1. The molecule has 0 aliphatic carbocycles. The van der Waals surface area contributed by atoms with Gasteiger partial charge in [0.1, 0.15) is 11.9 Å². The van der Waals surface area contributed by atoms with Gasteiger partial charge in [-0.05, 0) is 0 Å². The second-order valence-electron chi connectivity index (χ2n) is 0.609. The van der Waals surface area contributed by atoms with Crippen molar-refractivity contribution in [2.24, 2.45) is 0 Å². The number of hydrogen-bond acceptors (Lipinski definition) is 4. The van der Waals surface area contributed by atoms with Gasteiger partial charge in [-0.25, -0.2) is 4.79 Å². The number of rotatable bonds is 0. The zero-order valence-corrected chi connectivity index (χ0v) is 7.66. The van der Waals surface area contributed by atoms with Crippen LogP contribution in [0, 0.1) is 0 Å². The first-order valence-electron chi connectivity index (χ1n) is 1.42. The van der Waals surface area contributed by atoms with Gasteiger partial charge in [0.15, 0.2) is 0 Å². The van der Waals surface area contributed by atoms with E-state index >= 15 is 0 Å². The molecular formula is C2H2ClNaO6. The quantitative estimate of drug-likeness (QED) is 0.379. The summed E-state index contributed by atoms with van der Waals surface area (Å²) in [6, 6.07) is 0. The standard InChI is InChI=1S/CHClO3.CH2O3.Na/c2-5-1(3)4;2-1(3)4;/h(H,3,4);(H2,2,3,4);/q;;+1/p-1. The van der Waals surface area contributed by atoms with Crippen molar-refractivity contribution in [2.45, 2.75) is 0 Å². The Bertz CT molecular complexity index is 99.9. The fourth-order valence-corrected chi connectivity index (χ4v) is 0. The summed E-state index contributed by atoms with van der Waals surface area (Å²) < 4.78 is 3.14. The molecule has 0 amide bonds. The SMILES string of the molecule is O=C(O)OCl.O=C([O-])O.[Na+]. The molecule has 0 heterocycles. The van der Waals surface area contributed by atoms with Crippen LogP contribution in [0.1, 0.15) is 0 Å². The average molecular weight is 180 g/mol. The van der Waals surface area contributed by atoms with Gasteiger partial charge in [-0.1, -0.05) is 0 Å². The smallest absolute Gasteiger partial charge is 0.565 e. The van der Waals surface area contributed by atoms with E-state index in [1.54, 1.807) is 0 Å². The Balaban J connectivity index is -0.0000000910. The fourth-order valence-electron chi connectivity index (χ4n) is 0. The molecule has 0 unspecified atom stereocenters. The zero-order chi connectivity index (χ0) is 7.86. The van der Waals surface area contributed by atoms with Gasteiger partial charge < -0.3 is 24.4 Å². The fraction of sp³-hybridized carbons (Fsp3) is 0. The molecule has 0 fully saturated rings. The van der Waals surface area contributed by atoms with E-state index < -0.39 is 12.3 Å². The summed E-state index contributed by atoms with van der Waals surface area (Å²) in [5, 5.41) is 22.7. The monoisotopic (exact) mass is 180 g/mol. The molecule has 0 spiro atoms. The van der Waals surface area contributed by atoms with Crippen LogP contribution in [0.2, 0.25) is 0 Å². The van der Waals surface area contributed by atoms with Crippen LogP contribution in [0.3, 0.4) is 0 Å². The molecule has 0 rings (SSSR count). The van der Waals surface area contributed by atoms with Crippen molar-refractivity contribution in [3.63, 3.8) is 0 Å². The minimum atomic E-state index is -2.08. The van der Waals surface area contributed by atoms with Gasteiger partial charge in [0.25, 0.3) is 0 Å². The van der Waals surface area contributed by atoms with Crippen LogP contribution in [0.5, 0.6) is 0 Å². The van der Waals surface area contributed by atoms with Crippen LogP contribution >= 0.6 is 11.9 Å². The van der Waals surface area contributed by atoms with Crippen LogP contribution in [-0.4, -0.2) is 22.5 Å². The Morgan fingerprint density at radius 3 is 1.50 bits per heavy atom. The summed E-state index contributed by atoms with van der Waals surface area (Å²) in [5.74, 6) is 0. The number of carbonyl (C=O) groups is 2. The van der Waals surface area contributed by atoms with Crippen LogP contribution in [0.25, 0.3) is 0 Å². The van der Waals surface area contributed by atoms with Gasteiger partial charge in [-0.3, -0.25) is 0 Å². The molecule has 0 radical (unpaired) electrons. The maximum absolute atomic E-state index is 9.01. The summed E-state index contributed by atoms with van der Waals surface area (Å²) in [6.07, 6.45) is -3.56. The van der Waals surface area contributed by atoms with E-state index in [4.69, 9.17) is 24.9 Å². The molecule has 54 valence electrons. The molecule has 0 aromatic carbocycles. The molecule has 10 heavy (non-hydrogen) atoms. The molecule has 0 saturated carbocycles. The van der Waals surface area contributed by atoms with E-state index in [0.717, 1.165) is 0 Å². The minimum Gasteiger partial charge on any atom is -0.565 e. The molecule has 0 bridgehead atoms. The molecule has 8 heteroatoms. The molecule has 0 aromatic rings. The summed E-state index contributed by atoms with van der Waals surface area (Å²) >= 11 is 4.24. The van der Waals surface area contributed by atoms with Crippen molar-refractivity contribution < 1.29 is 58.8 Å². The average Bonchev–Trinajstić information content (AvgIpc) is 1.65. The third kappa shape index (κ3) is 109. The van der Waals surface area contributed by atoms with Crippen LogP contribution in [0.4, 0.5) is 9.59 Å². The van der Waals surface area contributed by atoms with Crippen molar-refractivity contribution >= 4 is 24.2 Å². The second kappa shape index (κ2) is 11.6. The van der Waals surface area contributed by atoms with Crippen LogP contribution in [-0.2, 0) is 4.29 Å². The van der Waals surface area contributed by atoms with E-state index in [0.29, 0.717) is 0 Å². The largest absolute Gasteiger partial charge is 1.00 e. The van der Waals surface area contributed by atoms with E-state index in [2.05, 4.69) is 16.2 Å². The first-order valence-corrected chi connectivity index (χ1v) is 1.73. The zero-order valence-electron chi connectivity index (χ0n) is 4.91. The van der Waals surface area contributed by atoms with Crippen molar-refractivity contribution in [2.75, 3.05) is 0 Å². The Labute approximate surface area is 82.8 Å². The number of carboxylic acid groups (broad SMARTS) is 3. The molecule has 0 atom stereocenters. The van der Waals surface area contributed by atoms with Gasteiger partial charge in [-0.2, -0.15) is 0 Å². The van der Waals surface area contributed by atoms with Crippen LogP contribution in [0.15, 0.2) is 0 Å². The summed E-state index contributed by atoms with van der Waals surface area (Å²) in [6.45, 7) is 0. The van der Waals surface area contributed by atoms with Gasteiger partial charge in [0.05, 0.1) is 0 Å². The summed E-state index contributed by atoms with van der Waals surface area (Å²) in [7, 11) is 0. The van der Waals surface area contributed by atoms with Gasteiger partial charge in [0.2, 0.25) is 6.16 Å². The maximum atomic E-state index is 9.01.